The van der Waals surface area contributed by atoms with Crippen LogP contribution in [0, 0.1) is 0 Å². The van der Waals surface area contributed by atoms with Crippen molar-refractivity contribution >= 4 is 11.8 Å². The van der Waals surface area contributed by atoms with Crippen molar-refractivity contribution in [3.63, 3.8) is 0 Å². The molecule has 0 bridgehead atoms. The molecule has 4 nitrogen and oxygen atoms in total. The number of aromatic nitrogens is 1. The van der Waals surface area contributed by atoms with Crippen LogP contribution in [0.4, 0.5) is 0 Å². The van der Waals surface area contributed by atoms with Crippen LogP contribution in [0.5, 0.6) is 0 Å². The van der Waals surface area contributed by atoms with Gasteiger partial charge in [-0.2, -0.15) is 0 Å². The molecule has 0 aliphatic rings. The first kappa shape index (κ1) is 17.9. The molecule has 24 heavy (non-hydrogen) atoms. The van der Waals surface area contributed by atoms with E-state index < -0.39 is 0 Å². The van der Waals surface area contributed by atoms with E-state index in [4.69, 9.17) is 4.74 Å². The van der Waals surface area contributed by atoms with Crippen LogP contribution < -0.4 is 0 Å². The van der Waals surface area contributed by atoms with Gasteiger partial charge in [-0.1, -0.05) is 30.3 Å². The van der Waals surface area contributed by atoms with Gasteiger partial charge in [0, 0.05) is 25.2 Å². The maximum atomic E-state index is 12.0. The van der Waals surface area contributed by atoms with Crippen LogP contribution in [0.15, 0.2) is 48.8 Å². The molecule has 0 aliphatic heterocycles. The predicted octanol–water partition coefficient (Wildman–Crippen LogP) is 3.32. The van der Waals surface area contributed by atoms with Crippen molar-refractivity contribution in [2.24, 2.45) is 0 Å². The zero-order valence-corrected chi connectivity index (χ0v) is 14.0. The summed E-state index contributed by atoms with van der Waals surface area (Å²) in [7, 11) is 0. The smallest absolute Gasteiger partial charge is 0.310 e. The minimum absolute atomic E-state index is 0.212. The van der Waals surface area contributed by atoms with Crippen LogP contribution in [-0.4, -0.2) is 23.3 Å². The van der Waals surface area contributed by atoms with Gasteiger partial charge < -0.3 is 4.74 Å². The lowest BCUT2D eigenvalue weighted by atomic mass is 10.0. The van der Waals surface area contributed by atoms with Crippen molar-refractivity contribution in [3.8, 4) is 0 Å². The van der Waals surface area contributed by atoms with Crippen LogP contribution in [0.1, 0.15) is 36.5 Å². The van der Waals surface area contributed by atoms with Crippen LogP contribution in [0.3, 0.4) is 0 Å². The van der Waals surface area contributed by atoms with E-state index in [1.54, 1.807) is 19.3 Å². The minimum Gasteiger partial charge on any atom is -0.466 e. The van der Waals surface area contributed by atoms with Gasteiger partial charge in [0.25, 0.3) is 0 Å². The van der Waals surface area contributed by atoms with Crippen molar-refractivity contribution < 1.29 is 14.3 Å². The Morgan fingerprint density at radius 2 is 1.62 bits per heavy atom. The zero-order chi connectivity index (χ0) is 17.2. The number of aryl methyl sites for hydroxylation is 2. The monoisotopic (exact) mass is 325 g/mol. The highest BCUT2D eigenvalue weighted by Gasteiger charge is 2.06. The third kappa shape index (κ3) is 6.32. The van der Waals surface area contributed by atoms with Gasteiger partial charge in [0.1, 0.15) is 5.78 Å². The van der Waals surface area contributed by atoms with Gasteiger partial charge in [-0.3, -0.25) is 14.6 Å². The molecule has 1 aromatic carbocycles. The second kappa shape index (κ2) is 9.60. The molecule has 1 heterocycles. The van der Waals surface area contributed by atoms with Crippen LogP contribution in [-0.2, 0) is 33.6 Å². The molecule has 0 atom stereocenters. The van der Waals surface area contributed by atoms with E-state index >= 15 is 0 Å². The largest absolute Gasteiger partial charge is 0.466 e. The second-order valence-corrected chi connectivity index (χ2v) is 5.70. The summed E-state index contributed by atoms with van der Waals surface area (Å²) in [5.74, 6) is 0.0466. The van der Waals surface area contributed by atoms with Gasteiger partial charge in [-0.15, -0.1) is 0 Å². The quantitative estimate of drug-likeness (QED) is 0.664. The second-order valence-electron chi connectivity index (χ2n) is 5.70. The Morgan fingerprint density at radius 1 is 0.958 bits per heavy atom. The van der Waals surface area contributed by atoms with Gasteiger partial charge in [-0.25, -0.2) is 0 Å². The van der Waals surface area contributed by atoms with Gasteiger partial charge in [0.05, 0.1) is 13.0 Å². The molecule has 0 unspecified atom stereocenters. The number of carbonyl (C=O) groups is 2. The number of pyridine rings is 1. The Balaban J connectivity index is 1.73. The van der Waals surface area contributed by atoms with E-state index in [1.807, 2.05) is 36.4 Å². The highest BCUT2D eigenvalue weighted by Crippen LogP contribution is 2.10. The number of nitrogens with zero attached hydrogens (tertiary/aromatic N) is 1. The first-order valence-corrected chi connectivity index (χ1v) is 8.31. The van der Waals surface area contributed by atoms with Crippen molar-refractivity contribution in [2.75, 3.05) is 6.61 Å². The van der Waals surface area contributed by atoms with E-state index in [-0.39, 0.29) is 18.2 Å². The van der Waals surface area contributed by atoms with E-state index in [0.717, 1.165) is 29.5 Å². The molecule has 0 saturated heterocycles. The average Bonchev–Trinajstić information content (AvgIpc) is 2.60. The Bertz CT molecular complexity index is 650. The topological polar surface area (TPSA) is 56.3 Å². The molecule has 126 valence electrons. The number of carbonyl (C=O) groups excluding carboxylic acids is 2. The fraction of sp³-hybridized carbons (Fsp3) is 0.350. The summed E-state index contributed by atoms with van der Waals surface area (Å²) >= 11 is 0. The predicted molar refractivity (Wildman–Crippen MR) is 92.7 cm³/mol. The van der Waals surface area contributed by atoms with Gasteiger partial charge in [0.2, 0.25) is 0 Å². The highest BCUT2D eigenvalue weighted by molar-refractivity contribution is 5.78. The molecule has 2 aromatic rings. The summed E-state index contributed by atoms with van der Waals surface area (Å²) in [6.45, 7) is 2.20. The highest BCUT2D eigenvalue weighted by atomic mass is 16.5. The number of ether oxygens (including phenoxy) is 1. The van der Waals surface area contributed by atoms with Crippen LogP contribution in [0.25, 0.3) is 0 Å². The maximum Gasteiger partial charge on any atom is 0.310 e. The van der Waals surface area contributed by atoms with E-state index in [9.17, 15) is 9.59 Å². The number of ketones is 1. The number of hydrogen-bond acceptors (Lipinski definition) is 4. The standard InChI is InChI=1S/C20H23NO3/c1-2-24-20(23)14-17-7-5-16(6-8-17)9-11-19(22)12-10-18-4-3-13-21-15-18/h3-8,13,15H,2,9-12,14H2,1H3. The molecule has 0 radical (unpaired) electrons. The number of hydrogen-bond donors (Lipinski definition) is 0. The number of esters is 1. The lowest BCUT2D eigenvalue weighted by Gasteiger charge is -2.05. The Labute approximate surface area is 142 Å². The molecule has 2 rings (SSSR count). The Kier molecular flexibility index (Phi) is 7.15. The van der Waals surface area contributed by atoms with E-state index in [2.05, 4.69) is 4.98 Å². The number of rotatable bonds is 9. The van der Waals surface area contributed by atoms with Crippen molar-refractivity contribution in [1.82, 2.24) is 4.98 Å². The third-order valence-corrected chi connectivity index (χ3v) is 3.78. The molecule has 4 heteroatoms. The fourth-order valence-electron chi connectivity index (χ4n) is 2.44. The van der Waals surface area contributed by atoms with Crippen LogP contribution in [0.2, 0.25) is 0 Å². The van der Waals surface area contributed by atoms with Gasteiger partial charge in [-0.05, 0) is 42.5 Å². The lowest BCUT2D eigenvalue weighted by Crippen LogP contribution is -2.07. The summed E-state index contributed by atoms with van der Waals surface area (Å²) in [4.78, 5) is 27.5. The van der Waals surface area contributed by atoms with Crippen molar-refractivity contribution in [2.45, 2.75) is 39.0 Å². The molecule has 0 fully saturated rings. The van der Waals surface area contributed by atoms with Crippen LogP contribution >= 0.6 is 0 Å². The summed E-state index contributed by atoms with van der Waals surface area (Å²) in [5, 5.41) is 0. The van der Waals surface area contributed by atoms with Gasteiger partial charge in [0.15, 0.2) is 0 Å². The summed E-state index contributed by atoms with van der Waals surface area (Å²) in [5.41, 5.74) is 3.13. The first-order valence-electron chi connectivity index (χ1n) is 8.31. The van der Waals surface area contributed by atoms with E-state index in [0.29, 0.717) is 19.4 Å². The van der Waals surface area contributed by atoms with Crippen molar-refractivity contribution in [1.29, 1.82) is 0 Å². The Morgan fingerprint density at radius 3 is 2.25 bits per heavy atom. The number of benzene rings is 1. The zero-order valence-electron chi connectivity index (χ0n) is 14.0. The molecule has 0 aliphatic carbocycles. The Hall–Kier alpha value is -2.49. The summed E-state index contributed by atoms with van der Waals surface area (Å²) in [6, 6.07) is 11.7. The lowest BCUT2D eigenvalue weighted by molar-refractivity contribution is -0.142. The summed E-state index contributed by atoms with van der Waals surface area (Å²) < 4.78 is 4.93. The van der Waals surface area contributed by atoms with Gasteiger partial charge >= 0.3 is 5.97 Å². The molecule has 0 amide bonds. The molecule has 0 spiro atoms. The fourth-order valence-corrected chi connectivity index (χ4v) is 2.44. The third-order valence-electron chi connectivity index (χ3n) is 3.78. The molecular weight excluding hydrogens is 302 g/mol. The molecule has 0 saturated carbocycles. The summed E-state index contributed by atoms with van der Waals surface area (Å²) in [6.07, 6.45) is 6.38. The average molecular weight is 325 g/mol. The first-order chi connectivity index (χ1) is 11.7. The molecule has 0 N–H and O–H groups in total. The minimum atomic E-state index is -0.212. The SMILES string of the molecule is CCOC(=O)Cc1ccc(CCC(=O)CCc2cccnc2)cc1. The normalized spacial score (nSPS) is 10.4. The number of Topliss-reactive ketones (excluding diaryl/α,β-unsaturated/α-hetero) is 1. The molecular formula is C20H23NO3. The van der Waals surface area contributed by atoms with E-state index in [1.165, 1.54) is 0 Å². The molecule has 1 aromatic heterocycles. The van der Waals surface area contributed by atoms with Crippen molar-refractivity contribution in [3.05, 3.63) is 65.5 Å². The maximum absolute atomic E-state index is 12.0.